The van der Waals surface area contributed by atoms with Crippen molar-refractivity contribution in [2.75, 3.05) is 51.8 Å². The summed E-state index contributed by atoms with van der Waals surface area (Å²) in [6.07, 6.45) is 0.927. The van der Waals surface area contributed by atoms with Gasteiger partial charge in [0.1, 0.15) is 5.75 Å². The molecule has 0 radical (unpaired) electrons. The number of amides is 1. The third-order valence-corrected chi connectivity index (χ3v) is 5.36. The molecule has 0 aromatic heterocycles. The van der Waals surface area contributed by atoms with Crippen LogP contribution in [0.15, 0.2) is 47.5 Å². The summed E-state index contributed by atoms with van der Waals surface area (Å²) in [7, 11) is 1.57. The van der Waals surface area contributed by atoms with Crippen LogP contribution in [0.3, 0.4) is 0 Å². The van der Waals surface area contributed by atoms with Crippen LogP contribution in [0.4, 0.5) is 5.69 Å². The van der Waals surface area contributed by atoms with Crippen LogP contribution in [-0.2, 0) is 11.2 Å². The molecule has 1 aliphatic rings. The van der Waals surface area contributed by atoms with Crippen molar-refractivity contribution in [2.24, 2.45) is 4.99 Å². The van der Waals surface area contributed by atoms with E-state index in [2.05, 4.69) is 27.4 Å². The van der Waals surface area contributed by atoms with Gasteiger partial charge in [-0.2, -0.15) is 0 Å². The number of aliphatic imine (C=N–C) groups is 1. The molecule has 0 unspecified atom stereocenters. The second-order valence-electron chi connectivity index (χ2n) is 7.16. The minimum atomic E-state index is -0.222. The van der Waals surface area contributed by atoms with Gasteiger partial charge in [-0.05, 0) is 42.3 Å². The van der Waals surface area contributed by atoms with Crippen LogP contribution in [0.25, 0.3) is 0 Å². The Morgan fingerprint density at radius 1 is 1.19 bits per heavy atom. The Kier molecular flexibility index (Phi) is 8.70. The van der Waals surface area contributed by atoms with Gasteiger partial charge in [-0.25, -0.2) is 0 Å². The molecule has 1 saturated heterocycles. The molecule has 166 valence electrons. The van der Waals surface area contributed by atoms with E-state index in [0.717, 1.165) is 39.3 Å². The predicted octanol–water partition coefficient (Wildman–Crippen LogP) is 3.44. The number of nitrogens with zero attached hydrogens (tertiary/aromatic N) is 2. The second-order valence-corrected chi connectivity index (χ2v) is 7.57. The molecular formula is C23H29ClN4O3. The highest BCUT2D eigenvalue weighted by molar-refractivity contribution is 6.32. The number of carbonyl (C=O) groups is 1. The number of benzene rings is 2. The van der Waals surface area contributed by atoms with E-state index in [1.54, 1.807) is 19.2 Å². The third kappa shape index (κ3) is 6.95. The maximum atomic E-state index is 12.8. The maximum Gasteiger partial charge on any atom is 0.257 e. The van der Waals surface area contributed by atoms with E-state index in [1.807, 2.05) is 30.3 Å². The molecule has 1 aliphatic heterocycles. The monoisotopic (exact) mass is 444 g/mol. The van der Waals surface area contributed by atoms with Crippen molar-refractivity contribution in [1.29, 1.82) is 0 Å². The minimum Gasteiger partial charge on any atom is -0.495 e. The van der Waals surface area contributed by atoms with Gasteiger partial charge < -0.3 is 14.8 Å². The molecule has 0 bridgehead atoms. The Bertz CT molecular complexity index is 896. The number of aryl methyl sites for hydroxylation is 1. The number of methoxy groups -OCH3 is 1. The third-order valence-electron chi connectivity index (χ3n) is 5.06. The van der Waals surface area contributed by atoms with Gasteiger partial charge in [-0.15, -0.1) is 0 Å². The van der Waals surface area contributed by atoms with Crippen molar-refractivity contribution in [3.63, 3.8) is 0 Å². The number of guanidine groups is 1. The van der Waals surface area contributed by atoms with Gasteiger partial charge in [0.05, 0.1) is 31.9 Å². The Labute approximate surface area is 188 Å². The Hall–Kier alpha value is -2.61. The van der Waals surface area contributed by atoms with Crippen LogP contribution in [0.2, 0.25) is 5.02 Å². The summed E-state index contributed by atoms with van der Waals surface area (Å²) in [5, 5.41) is 6.53. The summed E-state index contributed by atoms with van der Waals surface area (Å²) in [5.74, 6) is 0.733. The summed E-state index contributed by atoms with van der Waals surface area (Å²) in [5.41, 5.74) is 2.46. The quantitative estimate of drug-likeness (QED) is 0.505. The molecule has 1 amide bonds. The normalized spacial score (nSPS) is 14.9. The second kappa shape index (κ2) is 11.7. The zero-order chi connectivity index (χ0) is 22.1. The highest BCUT2D eigenvalue weighted by Gasteiger charge is 2.12. The number of ether oxygens (including phenoxy) is 2. The summed E-state index contributed by atoms with van der Waals surface area (Å²) >= 11 is 6.24. The molecule has 2 aromatic rings. The molecule has 1 heterocycles. The van der Waals surface area contributed by atoms with Gasteiger partial charge in [0.25, 0.3) is 5.91 Å². The average Bonchev–Trinajstić information content (AvgIpc) is 2.80. The van der Waals surface area contributed by atoms with Crippen molar-refractivity contribution in [3.05, 3.63) is 58.6 Å². The predicted molar refractivity (Wildman–Crippen MR) is 124 cm³/mol. The van der Waals surface area contributed by atoms with E-state index >= 15 is 0 Å². The highest BCUT2D eigenvalue weighted by atomic mass is 35.5. The maximum absolute atomic E-state index is 12.8. The molecule has 0 saturated carbocycles. The van der Waals surface area contributed by atoms with Crippen LogP contribution in [0, 0.1) is 0 Å². The molecule has 2 N–H and O–H groups in total. The number of anilines is 1. The summed E-state index contributed by atoms with van der Waals surface area (Å²) in [6.45, 7) is 6.68. The topological polar surface area (TPSA) is 75.2 Å². The molecule has 2 aromatic carbocycles. The van der Waals surface area contributed by atoms with Crippen LogP contribution in [0.5, 0.6) is 5.75 Å². The summed E-state index contributed by atoms with van der Waals surface area (Å²) < 4.78 is 10.6. The van der Waals surface area contributed by atoms with Crippen LogP contribution >= 0.6 is 11.6 Å². The lowest BCUT2D eigenvalue weighted by Crippen LogP contribution is -2.39. The number of hydrogen-bond donors (Lipinski definition) is 2. The summed E-state index contributed by atoms with van der Waals surface area (Å²) in [4.78, 5) is 19.7. The molecule has 3 rings (SSSR count). The first kappa shape index (κ1) is 23.1. The lowest BCUT2D eigenvalue weighted by atomic mass is 10.1. The van der Waals surface area contributed by atoms with Gasteiger partial charge in [-0.3, -0.25) is 20.0 Å². The summed E-state index contributed by atoms with van der Waals surface area (Å²) in [6, 6.07) is 12.9. The van der Waals surface area contributed by atoms with Crippen molar-refractivity contribution in [2.45, 2.75) is 13.3 Å². The van der Waals surface area contributed by atoms with Gasteiger partial charge in [0.2, 0.25) is 5.96 Å². The zero-order valence-electron chi connectivity index (χ0n) is 18.0. The number of nitrogens with one attached hydrogen (secondary N) is 2. The smallest absolute Gasteiger partial charge is 0.257 e. The number of morpholine rings is 1. The van der Waals surface area contributed by atoms with E-state index in [9.17, 15) is 4.79 Å². The fraction of sp³-hybridized carbons (Fsp3) is 0.391. The highest BCUT2D eigenvalue weighted by Crippen LogP contribution is 2.27. The van der Waals surface area contributed by atoms with E-state index < -0.39 is 0 Å². The standard InChI is InChI=1S/C23H29ClN4O3/c1-3-17-4-6-18(7-5-17)22(29)27-23(25-10-11-28-12-14-31-15-13-28)26-19-8-9-21(30-2)20(24)16-19/h4-9,16H,3,10-15H2,1-2H3,(H2,25,26,27,29). The number of hydrogen-bond acceptors (Lipinski definition) is 5. The van der Waals surface area contributed by atoms with E-state index in [-0.39, 0.29) is 5.91 Å². The van der Waals surface area contributed by atoms with Crippen LogP contribution in [0.1, 0.15) is 22.8 Å². The number of rotatable bonds is 7. The van der Waals surface area contributed by atoms with E-state index in [4.69, 9.17) is 21.1 Å². The molecular weight excluding hydrogens is 416 g/mol. The lowest BCUT2D eigenvalue weighted by Gasteiger charge is -2.25. The van der Waals surface area contributed by atoms with E-state index in [1.165, 1.54) is 5.56 Å². The van der Waals surface area contributed by atoms with Gasteiger partial charge >= 0.3 is 0 Å². The van der Waals surface area contributed by atoms with Crippen molar-refractivity contribution < 1.29 is 14.3 Å². The van der Waals surface area contributed by atoms with Gasteiger partial charge in [0, 0.05) is 30.9 Å². The number of carbonyl (C=O) groups excluding carboxylic acids is 1. The zero-order valence-corrected chi connectivity index (χ0v) is 18.7. The molecule has 7 nitrogen and oxygen atoms in total. The molecule has 8 heteroatoms. The molecule has 31 heavy (non-hydrogen) atoms. The average molecular weight is 445 g/mol. The van der Waals surface area contributed by atoms with Crippen molar-refractivity contribution >= 4 is 29.2 Å². The Morgan fingerprint density at radius 3 is 2.58 bits per heavy atom. The first-order valence-corrected chi connectivity index (χ1v) is 10.8. The fourth-order valence-corrected chi connectivity index (χ4v) is 3.45. The fourth-order valence-electron chi connectivity index (χ4n) is 3.19. The van der Waals surface area contributed by atoms with Crippen LogP contribution < -0.4 is 15.4 Å². The molecule has 0 spiro atoms. The van der Waals surface area contributed by atoms with Crippen molar-refractivity contribution in [3.8, 4) is 5.75 Å². The van der Waals surface area contributed by atoms with Gasteiger partial charge in [0.15, 0.2) is 0 Å². The molecule has 0 atom stereocenters. The first-order chi connectivity index (χ1) is 15.1. The molecule has 1 fully saturated rings. The largest absolute Gasteiger partial charge is 0.495 e. The Morgan fingerprint density at radius 2 is 1.94 bits per heavy atom. The first-order valence-electron chi connectivity index (χ1n) is 10.4. The van der Waals surface area contributed by atoms with E-state index in [0.29, 0.717) is 34.5 Å². The van der Waals surface area contributed by atoms with Crippen molar-refractivity contribution in [1.82, 2.24) is 10.2 Å². The molecule has 0 aliphatic carbocycles. The lowest BCUT2D eigenvalue weighted by molar-refractivity contribution is 0.0394. The number of halogens is 1. The van der Waals surface area contributed by atoms with Crippen LogP contribution in [-0.4, -0.2) is 63.3 Å². The SMILES string of the molecule is CCc1ccc(C(=O)NC(=NCCN2CCOCC2)Nc2ccc(OC)c(Cl)c2)cc1. The minimum absolute atomic E-state index is 0.222. The Balaban J connectivity index is 1.71. The van der Waals surface area contributed by atoms with Gasteiger partial charge in [-0.1, -0.05) is 30.7 Å².